The standard InChI is InChI=1S/C28H35BN4O8/c1-18(2)12-20(29-40-27(39)28(41-29,16-25(36)37)15-24(35)33(3)4)14-23(34)21(13-19-8-6-5-7-9-19)32-26(38)22-17-30-10-11-31-22/h5-11,17-18,20-21H,12-16H2,1-4H3,(H,32,38)(H,36,37)/t20-,21+,28+/m1/s1. The van der Waals surface area contributed by atoms with E-state index in [1.165, 1.54) is 37.6 Å². The summed E-state index contributed by atoms with van der Waals surface area (Å²) in [6, 6.07) is 8.22. The number of Topliss-reactive ketones (excluding diaryl/α,β-unsaturated/α-hetero) is 1. The predicted octanol–water partition coefficient (Wildman–Crippen LogP) is 1.95. The molecule has 41 heavy (non-hydrogen) atoms. The van der Waals surface area contributed by atoms with E-state index in [0.29, 0.717) is 6.42 Å². The topological polar surface area (TPSA) is 165 Å². The van der Waals surface area contributed by atoms with Gasteiger partial charge in [-0.3, -0.25) is 29.0 Å². The number of benzene rings is 1. The molecule has 0 aliphatic carbocycles. The van der Waals surface area contributed by atoms with Crippen molar-refractivity contribution in [1.29, 1.82) is 0 Å². The van der Waals surface area contributed by atoms with E-state index in [0.717, 1.165) is 5.56 Å². The van der Waals surface area contributed by atoms with E-state index in [-0.39, 0.29) is 30.2 Å². The Bertz CT molecular complexity index is 1240. The number of carboxylic acid groups (broad SMARTS) is 1. The average Bonchev–Trinajstić information content (AvgIpc) is 3.23. The number of aliphatic carboxylic acids is 1. The van der Waals surface area contributed by atoms with E-state index < -0.39 is 61.2 Å². The van der Waals surface area contributed by atoms with Crippen molar-refractivity contribution < 1.29 is 38.4 Å². The smallest absolute Gasteiger partial charge is 0.507 e. The number of ketones is 1. The molecule has 0 spiro atoms. The molecule has 1 fully saturated rings. The Hall–Kier alpha value is -4.13. The number of carbonyl (C=O) groups is 5. The van der Waals surface area contributed by atoms with Crippen LogP contribution >= 0.6 is 0 Å². The molecule has 0 radical (unpaired) electrons. The van der Waals surface area contributed by atoms with Gasteiger partial charge in [0.05, 0.1) is 25.1 Å². The highest BCUT2D eigenvalue weighted by atomic mass is 16.7. The molecule has 2 amide bonds. The van der Waals surface area contributed by atoms with Crippen LogP contribution in [-0.4, -0.2) is 82.4 Å². The molecule has 13 heteroatoms. The van der Waals surface area contributed by atoms with Gasteiger partial charge >= 0.3 is 19.1 Å². The van der Waals surface area contributed by atoms with Gasteiger partial charge < -0.3 is 24.6 Å². The monoisotopic (exact) mass is 566 g/mol. The van der Waals surface area contributed by atoms with Crippen molar-refractivity contribution in [2.24, 2.45) is 5.92 Å². The van der Waals surface area contributed by atoms with Gasteiger partial charge in [-0.15, -0.1) is 0 Å². The lowest BCUT2D eigenvalue weighted by Gasteiger charge is -2.26. The molecule has 1 aromatic heterocycles. The number of rotatable bonds is 14. The van der Waals surface area contributed by atoms with Gasteiger partial charge in [-0.2, -0.15) is 0 Å². The first-order valence-corrected chi connectivity index (χ1v) is 13.3. The minimum Gasteiger partial charge on any atom is -0.507 e. The first-order chi connectivity index (χ1) is 19.4. The lowest BCUT2D eigenvalue weighted by molar-refractivity contribution is -0.155. The lowest BCUT2D eigenvalue weighted by Crippen LogP contribution is -2.45. The van der Waals surface area contributed by atoms with Gasteiger partial charge in [0.15, 0.2) is 11.4 Å². The lowest BCUT2D eigenvalue weighted by atomic mass is 9.65. The van der Waals surface area contributed by atoms with E-state index in [1.807, 2.05) is 44.2 Å². The molecule has 3 atom stereocenters. The molecule has 218 valence electrons. The molecule has 1 aliphatic heterocycles. The van der Waals surface area contributed by atoms with Gasteiger partial charge in [0, 0.05) is 38.7 Å². The molecule has 0 unspecified atom stereocenters. The van der Waals surface area contributed by atoms with Crippen molar-refractivity contribution >= 4 is 36.7 Å². The summed E-state index contributed by atoms with van der Waals surface area (Å²) < 4.78 is 11.5. The second-order valence-corrected chi connectivity index (χ2v) is 10.8. The molecule has 2 heterocycles. The summed E-state index contributed by atoms with van der Waals surface area (Å²) in [6.45, 7) is 3.84. The zero-order valence-electron chi connectivity index (χ0n) is 23.6. The summed E-state index contributed by atoms with van der Waals surface area (Å²) in [5.74, 6) is -4.32. The van der Waals surface area contributed by atoms with Crippen LogP contribution in [0.15, 0.2) is 48.9 Å². The Morgan fingerprint density at radius 3 is 2.39 bits per heavy atom. The van der Waals surface area contributed by atoms with E-state index in [1.54, 1.807) is 0 Å². The average molecular weight is 566 g/mol. The van der Waals surface area contributed by atoms with Crippen molar-refractivity contribution in [2.45, 2.75) is 63.4 Å². The fourth-order valence-corrected chi connectivity index (χ4v) is 4.68. The highest BCUT2D eigenvalue weighted by Crippen LogP contribution is 2.38. The van der Waals surface area contributed by atoms with Crippen LogP contribution in [0.25, 0.3) is 0 Å². The number of aromatic nitrogens is 2. The minimum absolute atomic E-state index is 0.0501. The Morgan fingerprint density at radius 1 is 1.10 bits per heavy atom. The fraction of sp³-hybridized carbons (Fsp3) is 0.464. The third-order valence-corrected chi connectivity index (χ3v) is 6.70. The van der Waals surface area contributed by atoms with E-state index in [2.05, 4.69) is 15.3 Å². The molecule has 12 nitrogen and oxygen atoms in total. The number of hydrogen-bond acceptors (Lipinski definition) is 9. The molecular formula is C28H35BN4O8. The zero-order chi connectivity index (χ0) is 30.2. The van der Waals surface area contributed by atoms with Crippen LogP contribution < -0.4 is 5.32 Å². The number of hydrogen-bond donors (Lipinski definition) is 2. The second kappa shape index (κ2) is 14.0. The summed E-state index contributed by atoms with van der Waals surface area (Å²) in [6.07, 6.45) is 3.26. The van der Waals surface area contributed by atoms with Crippen molar-refractivity contribution in [3.63, 3.8) is 0 Å². The molecule has 1 aliphatic rings. The highest BCUT2D eigenvalue weighted by molar-refractivity contribution is 6.51. The highest BCUT2D eigenvalue weighted by Gasteiger charge is 2.57. The molecule has 1 saturated heterocycles. The van der Waals surface area contributed by atoms with Crippen LogP contribution in [0.2, 0.25) is 5.82 Å². The minimum atomic E-state index is -2.01. The SMILES string of the molecule is CC(C)C[C@H](CC(=O)[C@H](Cc1ccccc1)NC(=O)c1cnccn1)B1OC(=O)[C@@](CC(=O)O)(CC(=O)N(C)C)O1. The van der Waals surface area contributed by atoms with Gasteiger partial charge in [-0.25, -0.2) is 4.98 Å². The maximum absolute atomic E-state index is 13.7. The Kier molecular flexibility index (Phi) is 10.7. The maximum atomic E-state index is 13.7. The number of carbonyl (C=O) groups excluding carboxylic acids is 4. The van der Waals surface area contributed by atoms with Crippen LogP contribution in [0.4, 0.5) is 0 Å². The molecule has 1 aromatic carbocycles. The third-order valence-electron chi connectivity index (χ3n) is 6.70. The van der Waals surface area contributed by atoms with Crippen LogP contribution in [0.5, 0.6) is 0 Å². The van der Waals surface area contributed by atoms with Crippen molar-refractivity contribution in [3.8, 4) is 0 Å². The largest absolute Gasteiger partial charge is 0.531 e. The van der Waals surface area contributed by atoms with Crippen LogP contribution in [0.1, 0.15) is 55.6 Å². The summed E-state index contributed by atoms with van der Waals surface area (Å²) >= 11 is 0. The van der Waals surface area contributed by atoms with Crippen molar-refractivity contribution in [3.05, 3.63) is 60.2 Å². The Balaban J connectivity index is 1.86. The zero-order valence-corrected chi connectivity index (χ0v) is 23.6. The first-order valence-electron chi connectivity index (χ1n) is 13.3. The summed E-state index contributed by atoms with van der Waals surface area (Å²) in [4.78, 5) is 73.0. The van der Waals surface area contributed by atoms with E-state index in [4.69, 9.17) is 9.31 Å². The van der Waals surface area contributed by atoms with E-state index in [9.17, 15) is 29.1 Å². The first kappa shape index (κ1) is 31.4. The molecule has 2 aromatic rings. The Labute approximate surface area is 239 Å². The maximum Gasteiger partial charge on any atom is 0.531 e. The molecule has 0 bridgehead atoms. The fourth-order valence-electron chi connectivity index (χ4n) is 4.68. The number of nitrogens with zero attached hydrogens (tertiary/aromatic N) is 3. The van der Waals surface area contributed by atoms with Crippen LogP contribution in [0, 0.1) is 5.92 Å². The van der Waals surface area contributed by atoms with Crippen LogP contribution in [-0.2, 0) is 34.9 Å². The molecule has 2 N–H and O–H groups in total. The summed E-state index contributed by atoms with van der Waals surface area (Å²) in [5, 5.41) is 12.3. The second-order valence-electron chi connectivity index (χ2n) is 10.8. The number of nitrogens with one attached hydrogen (secondary N) is 1. The summed E-state index contributed by atoms with van der Waals surface area (Å²) in [5.41, 5.74) is -1.15. The van der Waals surface area contributed by atoms with Gasteiger partial charge in [0.2, 0.25) is 5.91 Å². The molecule has 3 rings (SSSR count). The van der Waals surface area contributed by atoms with Gasteiger partial charge in [-0.1, -0.05) is 44.2 Å². The van der Waals surface area contributed by atoms with E-state index >= 15 is 0 Å². The Morgan fingerprint density at radius 2 is 1.80 bits per heavy atom. The number of carboxylic acids is 1. The normalized spacial score (nSPS) is 18.0. The van der Waals surface area contributed by atoms with Crippen LogP contribution in [0.3, 0.4) is 0 Å². The summed E-state index contributed by atoms with van der Waals surface area (Å²) in [7, 11) is 1.71. The van der Waals surface area contributed by atoms with Gasteiger partial charge in [0.1, 0.15) is 5.69 Å². The number of amides is 2. The quantitative estimate of drug-likeness (QED) is 0.323. The molecule has 0 saturated carbocycles. The molecular weight excluding hydrogens is 531 g/mol. The predicted molar refractivity (Wildman–Crippen MR) is 147 cm³/mol. The van der Waals surface area contributed by atoms with Crippen molar-refractivity contribution in [2.75, 3.05) is 14.1 Å². The third kappa shape index (κ3) is 8.68. The van der Waals surface area contributed by atoms with Crippen molar-refractivity contribution in [1.82, 2.24) is 20.2 Å². The van der Waals surface area contributed by atoms with Gasteiger partial charge in [-0.05, 0) is 24.3 Å². The van der Waals surface area contributed by atoms with Gasteiger partial charge in [0.25, 0.3) is 5.91 Å².